The fourth-order valence-corrected chi connectivity index (χ4v) is 2.32. The van der Waals surface area contributed by atoms with Crippen molar-refractivity contribution < 1.29 is 28.7 Å². The van der Waals surface area contributed by atoms with Crippen LogP contribution in [0.1, 0.15) is 22.8 Å². The number of esters is 1. The summed E-state index contributed by atoms with van der Waals surface area (Å²) in [7, 11) is 2.72. The summed E-state index contributed by atoms with van der Waals surface area (Å²) in [6.45, 7) is 2.22. The summed E-state index contributed by atoms with van der Waals surface area (Å²) in [4.78, 5) is 23.0. The van der Waals surface area contributed by atoms with Crippen molar-refractivity contribution >= 4 is 11.7 Å². The molecular formula is C18H19NO7. The maximum Gasteiger partial charge on any atom is 0.345 e. The number of carbonyl (C=O) groups excluding carboxylic acids is 1. The standard InChI is InChI=1S/C18H19NO7/c1-4-25-15-8-6-5-7-12(15)11-26-18(20)13-9-16(23-2)17(24-3)10-14(13)19(21)22/h5-10H,4,11H2,1-3H3. The second kappa shape index (κ2) is 8.70. The zero-order chi connectivity index (χ0) is 19.1. The van der Waals surface area contributed by atoms with Crippen LogP contribution in [-0.2, 0) is 11.3 Å². The van der Waals surface area contributed by atoms with E-state index < -0.39 is 16.6 Å². The minimum Gasteiger partial charge on any atom is -0.493 e. The Balaban J connectivity index is 2.28. The third-order valence-electron chi connectivity index (χ3n) is 3.55. The predicted octanol–water partition coefficient (Wildman–Crippen LogP) is 3.37. The quantitative estimate of drug-likeness (QED) is 0.404. The zero-order valence-corrected chi connectivity index (χ0v) is 14.7. The van der Waals surface area contributed by atoms with Crippen molar-refractivity contribution in [2.75, 3.05) is 20.8 Å². The molecule has 0 N–H and O–H groups in total. The lowest BCUT2D eigenvalue weighted by molar-refractivity contribution is -0.385. The van der Waals surface area contributed by atoms with E-state index in [1.165, 1.54) is 20.3 Å². The molecule has 0 aliphatic heterocycles. The van der Waals surface area contributed by atoms with E-state index in [1.807, 2.05) is 6.92 Å². The lowest BCUT2D eigenvalue weighted by Gasteiger charge is -2.12. The number of ether oxygens (including phenoxy) is 4. The van der Waals surface area contributed by atoms with E-state index in [0.717, 1.165) is 6.07 Å². The summed E-state index contributed by atoms with van der Waals surface area (Å²) in [6.07, 6.45) is 0. The van der Waals surface area contributed by atoms with Crippen molar-refractivity contribution in [3.05, 3.63) is 57.6 Å². The highest BCUT2D eigenvalue weighted by molar-refractivity contribution is 5.95. The van der Waals surface area contributed by atoms with Gasteiger partial charge in [0, 0.05) is 11.6 Å². The van der Waals surface area contributed by atoms with Crippen LogP contribution in [0.2, 0.25) is 0 Å². The molecule has 8 nitrogen and oxygen atoms in total. The van der Waals surface area contributed by atoms with Crippen molar-refractivity contribution in [1.82, 2.24) is 0 Å². The Labute approximate surface area is 150 Å². The topological polar surface area (TPSA) is 97.1 Å². The lowest BCUT2D eigenvalue weighted by Crippen LogP contribution is -2.10. The number of nitro groups is 1. The molecule has 2 aromatic rings. The van der Waals surface area contributed by atoms with E-state index in [2.05, 4.69) is 0 Å². The molecule has 0 saturated carbocycles. The maximum atomic E-state index is 12.4. The minimum atomic E-state index is -0.844. The molecule has 0 amide bonds. The van der Waals surface area contributed by atoms with Gasteiger partial charge in [-0.05, 0) is 13.0 Å². The van der Waals surface area contributed by atoms with E-state index in [-0.39, 0.29) is 23.7 Å². The molecule has 0 aromatic heterocycles. The van der Waals surface area contributed by atoms with Gasteiger partial charge >= 0.3 is 5.97 Å². The van der Waals surface area contributed by atoms with Crippen LogP contribution in [0.5, 0.6) is 17.2 Å². The first-order valence-electron chi connectivity index (χ1n) is 7.80. The molecular weight excluding hydrogens is 342 g/mol. The molecule has 0 aliphatic carbocycles. The molecule has 0 bridgehead atoms. The first-order valence-corrected chi connectivity index (χ1v) is 7.80. The number of nitrogens with zero attached hydrogens (tertiary/aromatic N) is 1. The number of rotatable bonds is 8. The molecule has 0 fully saturated rings. The van der Waals surface area contributed by atoms with Crippen molar-refractivity contribution in [1.29, 1.82) is 0 Å². The smallest absolute Gasteiger partial charge is 0.345 e. The van der Waals surface area contributed by atoms with E-state index in [4.69, 9.17) is 18.9 Å². The van der Waals surface area contributed by atoms with E-state index >= 15 is 0 Å². The fourth-order valence-electron chi connectivity index (χ4n) is 2.32. The molecule has 0 aliphatic rings. The highest BCUT2D eigenvalue weighted by atomic mass is 16.6. The van der Waals surface area contributed by atoms with Crippen molar-refractivity contribution in [2.24, 2.45) is 0 Å². The van der Waals surface area contributed by atoms with E-state index in [9.17, 15) is 14.9 Å². The molecule has 8 heteroatoms. The third-order valence-corrected chi connectivity index (χ3v) is 3.55. The summed E-state index contributed by atoms with van der Waals surface area (Å²) in [5, 5.41) is 11.3. The van der Waals surface area contributed by atoms with Gasteiger partial charge in [-0.1, -0.05) is 18.2 Å². The molecule has 2 aromatic carbocycles. The van der Waals surface area contributed by atoms with Crippen LogP contribution in [-0.4, -0.2) is 31.7 Å². The Kier molecular flexibility index (Phi) is 6.37. The Hall–Kier alpha value is -3.29. The summed E-state index contributed by atoms with van der Waals surface area (Å²) in [5.74, 6) is 0.0887. The fraction of sp³-hybridized carbons (Fsp3) is 0.278. The number of hydrogen-bond acceptors (Lipinski definition) is 7. The Bertz CT molecular complexity index is 804. The second-order valence-corrected chi connectivity index (χ2v) is 5.10. The summed E-state index contributed by atoms with van der Waals surface area (Å²) in [6, 6.07) is 9.45. The highest BCUT2D eigenvalue weighted by Crippen LogP contribution is 2.35. The van der Waals surface area contributed by atoms with Gasteiger partial charge in [-0.3, -0.25) is 10.1 Å². The molecule has 0 unspecified atom stereocenters. The van der Waals surface area contributed by atoms with E-state index in [0.29, 0.717) is 17.9 Å². The number of para-hydroxylation sites is 1. The third kappa shape index (κ3) is 4.21. The Morgan fingerprint density at radius 3 is 2.35 bits per heavy atom. The minimum absolute atomic E-state index is 0.0828. The maximum absolute atomic E-state index is 12.4. The van der Waals surface area contributed by atoms with Gasteiger partial charge in [-0.25, -0.2) is 4.79 Å². The van der Waals surface area contributed by atoms with Crippen molar-refractivity contribution in [3.63, 3.8) is 0 Å². The largest absolute Gasteiger partial charge is 0.493 e. The molecule has 0 saturated heterocycles. The molecule has 0 heterocycles. The van der Waals surface area contributed by atoms with Crippen LogP contribution in [0.25, 0.3) is 0 Å². The first-order chi connectivity index (χ1) is 12.5. The SMILES string of the molecule is CCOc1ccccc1COC(=O)c1cc(OC)c(OC)cc1[N+](=O)[O-]. The van der Waals surface area contributed by atoms with Gasteiger partial charge in [-0.15, -0.1) is 0 Å². The van der Waals surface area contributed by atoms with Crippen LogP contribution in [0.4, 0.5) is 5.69 Å². The lowest BCUT2D eigenvalue weighted by atomic mass is 10.1. The number of hydrogen-bond donors (Lipinski definition) is 0. The summed E-state index contributed by atoms with van der Waals surface area (Å²) >= 11 is 0. The van der Waals surface area contributed by atoms with Gasteiger partial charge in [0.05, 0.1) is 31.8 Å². The van der Waals surface area contributed by atoms with Crippen molar-refractivity contribution in [3.8, 4) is 17.2 Å². The van der Waals surface area contributed by atoms with Crippen LogP contribution in [0, 0.1) is 10.1 Å². The van der Waals surface area contributed by atoms with Crippen LogP contribution in [0.15, 0.2) is 36.4 Å². The van der Waals surface area contributed by atoms with Gasteiger partial charge in [0.25, 0.3) is 5.69 Å². The molecule has 0 atom stereocenters. The number of benzene rings is 2. The molecule has 0 spiro atoms. The van der Waals surface area contributed by atoms with Gasteiger partial charge < -0.3 is 18.9 Å². The van der Waals surface area contributed by atoms with Crippen molar-refractivity contribution in [2.45, 2.75) is 13.5 Å². The number of methoxy groups -OCH3 is 2. The predicted molar refractivity (Wildman–Crippen MR) is 92.9 cm³/mol. The Morgan fingerprint density at radius 1 is 1.08 bits per heavy atom. The normalized spacial score (nSPS) is 10.1. The van der Waals surface area contributed by atoms with Gasteiger partial charge in [0.2, 0.25) is 0 Å². The second-order valence-electron chi connectivity index (χ2n) is 5.10. The number of nitro benzene ring substituents is 1. The summed E-state index contributed by atoms with van der Waals surface area (Å²) in [5.41, 5.74) is 0.0121. The average molecular weight is 361 g/mol. The Morgan fingerprint density at radius 2 is 1.73 bits per heavy atom. The monoisotopic (exact) mass is 361 g/mol. The van der Waals surface area contributed by atoms with Crippen LogP contribution in [0.3, 0.4) is 0 Å². The van der Waals surface area contributed by atoms with Gasteiger partial charge in [-0.2, -0.15) is 0 Å². The molecule has 0 radical (unpaired) electrons. The van der Waals surface area contributed by atoms with Crippen LogP contribution >= 0.6 is 0 Å². The van der Waals surface area contributed by atoms with Gasteiger partial charge in [0.1, 0.15) is 17.9 Å². The van der Waals surface area contributed by atoms with Crippen LogP contribution < -0.4 is 14.2 Å². The molecule has 26 heavy (non-hydrogen) atoms. The molecule has 2 rings (SSSR count). The van der Waals surface area contributed by atoms with E-state index in [1.54, 1.807) is 24.3 Å². The van der Waals surface area contributed by atoms with Gasteiger partial charge in [0.15, 0.2) is 11.5 Å². The molecule has 138 valence electrons. The highest BCUT2D eigenvalue weighted by Gasteiger charge is 2.26. The first kappa shape index (κ1) is 19.0. The average Bonchev–Trinajstić information content (AvgIpc) is 2.66. The number of carbonyl (C=O) groups is 1. The zero-order valence-electron chi connectivity index (χ0n) is 14.7. The summed E-state index contributed by atoms with van der Waals surface area (Å²) < 4.78 is 20.8.